The van der Waals surface area contributed by atoms with Crippen LogP contribution in [0.15, 0.2) is 114 Å². The predicted octanol–water partition coefficient (Wildman–Crippen LogP) is 6.65. The van der Waals surface area contributed by atoms with Crippen LogP contribution in [-0.2, 0) is 39.0 Å². The van der Waals surface area contributed by atoms with Crippen LogP contribution in [0.5, 0.6) is 0 Å². The third-order valence-electron chi connectivity index (χ3n) is 7.78. The van der Waals surface area contributed by atoms with Gasteiger partial charge in [0.25, 0.3) is 10.0 Å². The van der Waals surface area contributed by atoms with E-state index in [1.54, 1.807) is 54.6 Å². The van der Waals surface area contributed by atoms with Crippen LogP contribution in [0.3, 0.4) is 0 Å². The number of nitrogens with zero attached hydrogens (tertiary/aromatic N) is 2. The van der Waals surface area contributed by atoms with Gasteiger partial charge in [-0.15, -0.1) is 0 Å². The van der Waals surface area contributed by atoms with E-state index in [0.717, 1.165) is 27.4 Å². The number of aryl methyl sites for hydroxylation is 1. The van der Waals surface area contributed by atoms with Gasteiger partial charge in [0.2, 0.25) is 11.8 Å². The molecule has 7 nitrogen and oxygen atoms in total. The molecule has 0 spiro atoms. The maximum Gasteiger partial charge on any atom is 0.264 e. The Balaban J connectivity index is 1.79. The van der Waals surface area contributed by atoms with Crippen LogP contribution < -0.4 is 9.62 Å². The van der Waals surface area contributed by atoms with Crippen molar-refractivity contribution in [2.45, 2.75) is 63.6 Å². The zero-order chi connectivity index (χ0) is 32.4. The monoisotopic (exact) mass is 645 g/mol. The summed E-state index contributed by atoms with van der Waals surface area (Å²) < 4.78 is 29.3. The van der Waals surface area contributed by atoms with E-state index in [-0.39, 0.29) is 29.8 Å². The largest absolute Gasteiger partial charge is 0.352 e. The number of nitrogens with one attached hydrogen (secondary N) is 1. The lowest BCUT2D eigenvalue weighted by Gasteiger charge is -2.34. The molecule has 4 rings (SSSR count). The van der Waals surface area contributed by atoms with E-state index in [0.29, 0.717) is 17.1 Å². The molecule has 0 bridgehead atoms. The van der Waals surface area contributed by atoms with Gasteiger partial charge in [-0.2, -0.15) is 0 Å². The average molecular weight is 646 g/mol. The lowest BCUT2D eigenvalue weighted by Crippen LogP contribution is -2.54. The highest BCUT2D eigenvalue weighted by molar-refractivity contribution is 7.92. The van der Waals surface area contributed by atoms with Crippen LogP contribution in [0.2, 0.25) is 5.02 Å². The summed E-state index contributed by atoms with van der Waals surface area (Å²) in [6.07, 6.45) is 1.75. The molecule has 0 heterocycles. The van der Waals surface area contributed by atoms with E-state index in [2.05, 4.69) is 5.32 Å². The third-order valence-corrected chi connectivity index (χ3v) is 9.82. The normalized spacial score (nSPS) is 12.6. The Morgan fingerprint density at radius 2 is 1.36 bits per heavy atom. The number of amides is 2. The molecule has 9 heteroatoms. The summed E-state index contributed by atoms with van der Waals surface area (Å²) >= 11 is 6.15. The van der Waals surface area contributed by atoms with Gasteiger partial charge in [0.1, 0.15) is 12.6 Å². The van der Waals surface area contributed by atoms with Crippen molar-refractivity contribution in [3.63, 3.8) is 0 Å². The van der Waals surface area contributed by atoms with Gasteiger partial charge in [0.15, 0.2) is 0 Å². The zero-order valence-electron chi connectivity index (χ0n) is 25.9. The van der Waals surface area contributed by atoms with Crippen molar-refractivity contribution in [3.8, 4) is 0 Å². The SMILES string of the molecule is CCc1ccc(N(CC(=O)N(Cc2ccc(Cl)cc2)[C@@H](Cc2ccccc2)C(=O)N[C@H](C)CC)S(=O)(=O)c2ccccc2)cc1. The fourth-order valence-electron chi connectivity index (χ4n) is 4.93. The maximum atomic E-state index is 14.5. The Kier molecular flexibility index (Phi) is 11.8. The van der Waals surface area contributed by atoms with Crippen molar-refractivity contribution in [1.29, 1.82) is 0 Å². The smallest absolute Gasteiger partial charge is 0.264 e. The minimum absolute atomic E-state index is 0.0666. The van der Waals surface area contributed by atoms with Gasteiger partial charge in [-0.1, -0.05) is 98.2 Å². The van der Waals surface area contributed by atoms with Crippen molar-refractivity contribution in [2.24, 2.45) is 0 Å². The van der Waals surface area contributed by atoms with Crippen LogP contribution in [0.25, 0.3) is 0 Å². The lowest BCUT2D eigenvalue weighted by atomic mass is 10.0. The second-order valence-corrected chi connectivity index (χ2v) is 13.3. The van der Waals surface area contributed by atoms with Gasteiger partial charge in [-0.05, 0) is 72.9 Å². The first-order valence-corrected chi connectivity index (χ1v) is 17.0. The van der Waals surface area contributed by atoms with E-state index >= 15 is 0 Å². The van der Waals surface area contributed by atoms with Crippen LogP contribution >= 0.6 is 11.6 Å². The standard InChI is InChI=1S/C36H40ClN3O4S/c1-4-27(3)38-36(42)34(24-29-12-8-6-9-13-29)39(25-30-16-20-31(37)21-17-30)35(41)26-40(32-22-18-28(5-2)19-23-32)45(43,44)33-14-10-7-11-15-33/h6-23,27,34H,4-5,24-26H2,1-3H3,(H,38,42)/t27-,34+/m1/s1. The molecule has 0 fully saturated rings. The molecule has 0 radical (unpaired) electrons. The Morgan fingerprint density at radius 1 is 0.778 bits per heavy atom. The second kappa shape index (κ2) is 15.7. The van der Waals surface area contributed by atoms with Gasteiger partial charge in [0.05, 0.1) is 10.6 Å². The molecule has 0 aliphatic heterocycles. The lowest BCUT2D eigenvalue weighted by molar-refractivity contribution is -0.140. The average Bonchev–Trinajstić information content (AvgIpc) is 3.06. The van der Waals surface area contributed by atoms with Crippen LogP contribution in [0.4, 0.5) is 5.69 Å². The second-order valence-electron chi connectivity index (χ2n) is 11.0. The number of benzene rings is 4. The topological polar surface area (TPSA) is 86.8 Å². The number of carbonyl (C=O) groups excluding carboxylic acids is 2. The first kappa shape index (κ1) is 33.7. The molecule has 4 aromatic rings. The number of anilines is 1. The summed E-state index contributed by atoms with van der Waals surface area (Å²) in [5.74, 6) is -0.815. The molecule has 0 aliphatic rings. The third kappa shape index (κ3) is 8.96. The fourth-order valence-corrected chi connectivity index (χ4v) is 6.49. The highest BCUT2D eigenvalue weighted by Gasteiger charge is 2.35. The maximum absolute atomic E-state index is 14.5. The number of hydrogen-bond acceptors (Lipinski definition) is 4. The number of halogens is 1. The van der Waals surface area contributed by atoms with E-state index in [1.807, 2.05) is 63.2 Å². The molecule has 236 valence electrons. The fraction of sp³-hybridized carbons (Fsp3) is 0.278. The van der Waals surface area contributed by atoms with Gasteiger partial charge in [-0.3, -0.25) is 13.9 Å². The molecule has 2 atom stereocenters. The molecule has 4 aromatic carbocycles. The van der Waals surface area contributed by atoms with Crippen molar-refractivity contribution in [1.82, 2.24) is 10.2 Å². The van der Waals surface area contributed by atoms with Gasteiger partial charge < -0.3 is 10.2 Å². The predicted molar refractivity (Wildman–Crippen MR) is 181 cm³/mol. The molecular weight excluding hydrogens is 606 g/mol. The number of carbonyl (C=O) groups is 2. The molecule has 0 aromatic heterocycles. The minimum Gasteiger partial charge on any atom is -0.352 e. The Bertz CT molecular complexity index is 1650. The Hall–Kier alpha value is -4.14. The van der Waals surface area contributed by atoms with Crippen molar-refractivity contribution >= 4 is 39.1 Å². The summed E-state index contributed by atoms with van der Waals surface area (Å²) in [4.78, 5) is 30.0. The van der Waals surface area contributed by atoms with Crippen molar-refractivity contribution in [3.05, 3.63) is 131 Å². The molecule has 0 aliphatic carbocycles. The molecular formula is C36H40ClN3O4S. The van der Waals surface area contributed by atoms with Gasteiger partial charge in [-0.25, -0.2) is 8.42 Å². The first-order valence-electron chi connectivity index (χ1n) is 15.2. The highest BCUT2D eigenvalue weighted by Crippen LogP contribution is 2.26. The minimum atomic E-state index is -4.14. The molecule has 0 saturated carbocycles. The number of hydrogen-bond donors (Lipinski definition) is 1. The summed E-state index contributed by atoms with van der Waals surface area (Å²) in [5.41, 5.74) is 3.03. The summed E-state index contributed by atoms with van der Waals surface area (Å²) in [6, 6.07) is 30.7. The van der Waals surface area contributed by atoms with E-state index in [1.165, 1.54) is 17.0 Å². The Morgan fingerprint density at radius 3 is 1.93 bits per heavy atom. The van der Waals surface area contributed by atoms with Crippen LogP contribution in [0, 0.1) is 0 Å². The summed E-state index contributed by atoms with van der Waals surface area (Å²) in [5, 5.41) is 3.59. The summed E-state index contributed by atoms with van der Waals surface area (Å²) in [6.45, 7) is 5.48. The molecule has 2 amide bonds. The molecule has 45 heavy (non-hydrogen) atoms. The van der Waals surface area contributed by atoms with Gasteiger partial charge >= 0.3 is 0 Å². The number of rotatable bonds is 14. The Labute approximate surface area is 271 Å². The van der Waals surface area contributed by atoms with Crippen molar-refractivity contribution in [2.75, 3.05) is 10.8 Å². The van der Waals surface area contributed by atoms with E-state index in [4.69, 9.17) is 11.6 Å². The number of sulfonamides is 1. The highest BCUT2D eigenvalue weighted by atomic mass is 35.5. The van der Waals surface area contributed by atoms with Crippen LogP contribution in [0.1, 0.15) is 43.9 Å². The van der Waals surface area contributed by atoms with Crippen molar-refractivity contribution < 1.29 is 18.0 Å². The molecule has 0 saturated heterocycles. The first-order chi connectivity index (χ1) is 21.6. The molecule has 0 unspecified atom stereocenters. The van der Waals surface area contributed by atoms with E-state index in [9.17, 15) is 18.0 Å². The molecule has 1 N–H and O–H groups in total. The zero-order valence-corrected chi connectivity index (χ0v) is 27.5. The van der Waals surface area contributed by atoms with Gasteiger partial charge in [0, 0.05) is 24.0 Å². The van der Waals surface area contributed by atoms with E-state index < -0.39 is 28.5 Å². The quantitative estimate of drug-likeness (QED) is 0.166. The summed E-state index contributed by atoms with van der Waals surface area (Å²) in [7, 11) is -4.14. The van der Waals surface area contributed by atoms with Crippen LogP contribution in [-0.4, -0.2) is 43.8 Å².